The van der Waals surface area contributed by atoms with Crippen LogP contribution in [0.15, 0.2) is 346 Å². The smallest absolute Gasteiger partial charge is 0.399 e. The van der Waals surface area contributed by atoms with E-state index >= 15 is 0 Å². The van der Waals surface area contributed by atoms with Crippen molar-refractivity contribution in [3.05, 3.63) is 357 Å². The zero-order chi connectivity index (χ0) is 67.3. The minimum Gasteiger partial charge on any atom is -0.399 e. The van der Waals surface area contributed by atoms with Gasteiger partial charge in [0.2, 0.25) is 0 Å². The fourth-order valence-electron chi connectivity index (χ4n) is 12.2. The summed E-state index contributed by atoms with van der Waals surface area (Å²) in [5.41, 5.74) is 14.8. The maximum absolute atomic E-state index is 13.8. The number of para-hydroxylation sites is 6. The molecule has 0 aliphatic carbocycles. The van der Waals surface area contributed by atoms with Gasteiger partial charge < -0.3 is 24.0 Å². The van der Waals surface area contributed by atoms with Crippen LogP contribution < -0.4 is 31.0 Å². The van der Waals surface area contributed by atoms with E-state index in [-0.39, 0.29) is 29.2 Å². The standard InChI is InChI=1S/C49H34N2OS.C24H26BNO2.C13H6Br2OS/c52-49-45-31-25-37(35-21-27-43(28-22-35)50(39-13-5-1-6-14-39)40-15-7-2-8-16-40)33-47(45)53-48-34-38(26-32-46(48)49)36-23-29-44(30-24-36)51(41-17-9-3-10-18-41)42-19-11-4-12-20-42;1-23(2)24(3,4)28-25(27-23)19-15-17-22(18-16-19)26(20-11-7-5-8-12-20)21-13-9-6-10-14-21;14-7-1-3-9-11(5-7)17-12-6-8(15)2-4-10(12)13(9)16/h1-34H;5-18H,1-4H3;1-6H. The van der Waals surface area contributed by atoms with Crippen LogP contribution in [-0.2, 0) is 9.31 Å². The summed E-state index contributed by atoms with van der Waals surface area (Å²) in [6.45, 7) is 8.31. The number of nitrogens with zero attached hydrogens (tertiary/aromatic N) is 3. The third-order valence-corrected chi connectivity index (χ3v) is 21.2. The average molecular weight is 1440 g/mol. The van der Waals surface area contributed by atoms with Gasteiger partial charge >= 0.3 is 7.12 Å². The summed E-state index contributed by atoms with van der Waals surface area (Å²) >= 11 is 10.2. The Balaban J connectivity index is 0.000000150. The van der Waals surface area contributed by atoms with Crippen LogP contribution in [0.5, 0.6) is 0 Å². The van der Waals surface area contributed by atoms with E-state index in [2.05, 4.69) is 317 Å². The molecule has 0 amide bonds. The Bertz CT molecular complexity index is 5020. The first-order valence-electron chi connectivity index (χ1n) is 32.4. The van der Waals surface area contributed by atoms with Crippen molar-refractivity contribution in [1.82, 2.24) is 0 Å². The first-order chi connectivity index (χ1) is 47.7. The van der Waals surface area contributed by atoms with Gasteiger partial charge in [-0.1, -0.05) is 190 Å². The number of rotatable bonds is 12. The molecule has 7 nitrogen and oxygen atoms in total. The molecule has 15 aromatic rings. The predicted octanol–water partition coefficient (Wildman–Crippen LogP) is 24.1. The molecule has 0 radical (unpaired) electrons. The van der Waals surface area contributed by atoms with Crippen molar-refractivity contribution in [2.24, 2.45) is 0 Å². The van der Waals surface area contributed by atoms with E-state index in [0.717, 1.165) is 128 Å². The molecule has 0 saturated carbocycles. The maximum atomic E-state index is 13.8. The summed E-state index contributed by atoms with van der Waals surface area (Å²) in [4.78, 5) is 32.8. The van der Waals surface area contributed by atoms with E-state index in [1.807, 2.05) is 84.9 Å². The normalized spacial score (nSPS) is 12.9. The second-order valence-corrected chi connectivity index (χ2v) is 28.9. The van der Waals surface area contributed by atoms with E-state index in [4.69, 9.17) is 9.31 Å². The van der Waals surface area contributed by atoms with E-state index in [1.54, 1.807) is 22.7 Å². The van der Waals surface area contributed by atoms with Crippen LogP contribution in [-0.4, -0.2) is 18.3 Å². The first kappa shape index (κ1) is 65.3. The Labute approximate surface area is 596 Å². The number of hydrogen-bond acceptors (Lipinski definition) is 9. The maximum Gasteiger partial charge on any atom is 0.494 e. The van der Waals surface area contributed by atoms with Crippen LogP contribution in [0.4, 0.5) is 51.2 Å². The topological polar surface area (TPSA) is 62.3 Å². The van der Waals surface area contributed by atoms with E-state index in [0.29, 0.717) is 0 Å². The number of hydrogen-bond donors (Lipinski definition) is 0. The monoisotopic (exact) mass is 1440 g/mol. The molecular formula is C86H66BBr2N3O4S2. The van der Waals surface area contributed by atoms with Gasteiger partial charge in [0.1, 0.15) is 0 Å². The molecule has 0 unspecified atom stereocenters. The summed E-state index contributed by atoms with van der Waals surface area (Å²) in [5, 5.41) is 3.07. The molecule has 1 aliphatic rings. The third-order valence-electron chi connectivity index (χ3n) is 17.9. The molecule has 2 aromatic heterocycles. The van der Waals surface area contributed by atoms with Crippen molar-refractivity contribution in [3.8, 4) is 22.3 Å². The Kier molecular flexibility index (Phi) is 19.0. The van der Waals surface area contributed by atoms with Crippen LogP contribution in [0.25, 0.3) is 62.6 Å². The summed E-state index contributed by atoms with van der Waals surface area (Å²) < 4.78 is 18.3. The number of benzene rings is 13. The average Bonchev–Trinajstić information content (AvgIpc) is 0.911. The molecule has 0 spiro atoms. The summed E-state index contributed by atoms with van der Waals surface area (Å²) in [6.07, 6.45) is 0. The van der Waals surface area contributed by atoms with Crippen molar-refractivity contribution in [2.45, 2.75) is 38.9 Å². The Morgan fingerprint density at radius 1 is 0.286 bits per heavy atom. The fraction of sp³-hybridized carbons (Fsp3) is 0.0698. The van der Waals surface area contributed by atoms with Crippen molar-refractivity contribution >= 4 is 159 Å². The van der Waals surface area contributed by atoms with Gasteiger partial charge in [-0.3, -0.25) is 9.59 Å². The van der Waals surface area contributed by atoms with E-state index in [1.165, 1.54) is 0 Å². The minimum absolute atomic E-state index is 0.0697. The molecule has 0 bridgehead atoms. The SMILES string of the molecule is CC1(C)OB(c2ccc(N(c3ccccc3)c3ccccc3)cc2)OC1(C)C.O=c1c2ccc(-c3ccc(N(c4ccccc4)c4ccccc4)cc3)cc2sc2cc(-c3ccc(N(c4ccccc4)c4ccccc4)cc3)ccc12.O=c1c2ccc(Br)cc2sc2cc(Br)ccc12. The molecule has 0 N–H and O–H groups in total. The lowest BCUT2D eigenvalue weighted by atomic mass is 9.79. The lowest BCUT2D eigenvalue weighted by Crippen LogP contribution is -2.41. The molecule has 12 heteroatoms. The van der Waals surface area contributed by atoms with Crippen LogP contribution in [0.2, 0.25) is 0 Å². The van der Waals surface area contributed by atoms with Crippen LogP contribution in [0, 0.1) is 0 Å². The molecule has 13 aromatic carbocycles. The highest BCUT2D eigenvalue weighted by Crippen LogP contribution is 2.41. The Morgan fingerprint density at radius 3 is 0.806 bits per heavy atom. The highest BCUT2D eigenvalue weighted by molar-refractivity contribution is 9.10. The first-order valence-corrected chi connectivity index (χ1v) is 35.6. The molecule has 1 fully saturated rings. The van der Waals surface area contributed by atoms with E-state index in [9.17, 15) is 9.59 Å². The van der Waals surface area contributed by atoms with Gasteiger partial charge in [0.25, 0.3) is 0 Å². The fourth-order valence-corrected chi connectivity index (χ4v) is 15.5. The lowest BCUT2D eigenvalue weighted by Gasteiger charge is -2.32. The minimum atomic E-state index is -0.346. The molecule has 0 atom stereocenters. The Morgan fingerprint density at radius 2 is 0.520 bits per heavy atom. The molecule has 98 heavy (non-hydrogen) atoms. The van der Waals surface area contributed by atoms with E-state index < -0.39 is 0 Å². The molecule has 16 rings (SSSR count). The van der Waals surface area contributed by atoms with Gasteiger partial charge in [-0.15, -0.1) is 22.7 Å². The molecule has 1 saturated heterocycles. The Hall–Kier alpha value is -10.0. The largest absolute Gasteiger partial charge is 0.494 e. The van der Waals surface area contributed by atoms with Crippen LogP contribution in [0.3, 0.4) is 0 Å². The second kappa shape index (κ2) is 28.6. The molecule has 3 heterocycles. The quantitative estimate of drug-likeness (QED) is 0.0892. The van der Waals surface area contributed by atoms with Crippen molar-refractivity contribution in [3.63, 3.8) is 0 Å². The summed E-state index contributed by atoms with van der Waals surface area (Å²) in [6, 6.07) is 112. The predicted molar refractivity (Wildman–Crippen MR) is 424 cm³/mol. The van der Waals surface area contributed by atoms with Crippen molar-refractivity contribution in [1.29, 1.82) is 0 Å². The number of halogens is 2. The van der Waals surface area contributed by atoms with Crippen LogP contribution in [0.1, 0.15) is 27.7 Å². The lowest BCUT2D eigenvalue weighted by molar-refractivity contribution is 0.00578. The highest BCUT2D eigenvalue weighted by atomic mass is 79.9. The summed E-state index contributed by atoms with van der Waals surface area (Å²) in [7, 11) is -0.346. The molecular weight excluding hydrogens is 1370 g/mol. The van der Waals surface area contributed by atoms with Gasteiger partial charge in [-0.05, 0) is 225 Å². The molecule has 1 aliphatic heterocycles. The van der Waals surface area contributed by atoms with Gasteiger partial charge in [0.15, 0.2) is 10.9 Å². The van der Waals surface area contributed by atoms with Gasteiger partial charge in [0, 0.05) is 100 Å². The van der Waals surface area contributed by atoms with Crippen molar-refractivity contribution < 1.29 is 9.31 Å². The third kappa shape index (κ3) is 14.0. The van der Waals surface area contributed by atoms with Gasteiger partial charge in [-0.2, -0.15) is 0 Å². The number of fused-ring (bicyclic) bond motifs is 4. The van der Waals surface area contributed by atoms with Gasteiger partial charge in [0.05, 0.1) is 11.2 Å². The van der Waals surface area contributed by atoms with Crippen molar-refractivity contribution in [2.75, 3.05) is 14.7 Å². The number of anilines is 9. The van der Waals surface area contributed by atoms with Gasteiger partial charge in [-0.25, -0.2) is 0 Å². The summed E-state index contributed by atoms with van der Waals surface area (Å²) in [5.74, 6) is 0. The van der Waals surface area contributed by atoms with Crippen LogP contribution >= 0.6 is 54.5 Å². The second-order valence-electron chi connectivity index (χ2n) is 24.9. The zero-order valence-electron chi connectivity index (χ0n) is 54.3. The molecule has 478 valence electrons. The zero-order valence-corrected chi connectivity index (χ0v) is 59.1. The highest BCUT2D eigenvalue weighted by Gasteiger charge is 2.51.